The molecular formula is C26H29F3N2O3. The molecule has 5 nitrogen and oxygen atoms in total. The molecule has 1 saturated carbocycles. The second-order valence-corrected chi connectivity index (χ2v) is 9.31. The van der Waals surface area contributed by atoms with Crippen LogP contribution in [0, 0.1) is 5.92 Å². The monoisotopic (exact) mass is 474 g/mol. The van der Waals surface area contributed by atoms with Gasteiger partial charge in [0.25, 0.3) is 5.91 Å². The van der Waals surface area contributed by atoms with Crippen LogP contribution in [0.1, 0.15) is 67.1 Å². The van der Waals surface area contributed by atoms with Crippen LogP contribution in [0.2, 0.25) is 0 Å². The summed E-state index contributed by atoms with van der Waals surface area (Å²) in [6.45, 7) is 3.87. The molecule has 2 fully saturated rings. The van der Waals surface area contributed by atoms with Crippen LogP contribution in [-0.2, 0) is 15.7 Å². The molecule has 0 radical (unpaired) electrons. The molecule has 1 N–H and O–H groups in total. The van der Waals surface area contributed by atoms with Crippen LogP contribution in [0.5, 0.6) is 0 Å². The number of benzene rings is 2. The SMILES string of the molecule is CC1CCC2(CC1)OC[C@@H](C(=O)N[C@H](C)c1ccccc1)N2C(=O)c1ccccc1C(F)(F)F. The van der Waals surface area contributed by atoms with Crippen molar-refractivity contribution >= 4 is 11.8 Å². The van der Waals surface area contributed by atoms with Gasteiger partial charge < -0.3 is 10.1 Å². The second-order valence-electron chi connectivity index (χ2n) is 9.31. The van der Waals surface area contributed by atoms with E-state index < -0.39 is 40.9 Å². The molecule has 1 aliphatic heterocycles. The summed E-state index contributed by atoms with van der Waals surface area (Å²) in [5.74, 6) is -0.850. The summed E-state index contributed by atoms with van der Waals surface area (Å²) in [6, 6.07) is 12.7. The summed E-state index contributed by atoms with van der Waals surface area (Å²) in [4.78, 5) is 28.3. The number of ether oxygens (including phenoxy) is 1. The zero-order chi connectivity index (χ0) is 24.5. The maximum absolute atomic E-state index is 13.7. The van der Waals surface area contributed by atoms with Crippen LogP contribution in [0.25, 0.3) is 0 Å². The van der Waals surface area contributed by atoms with E-state index in [1.807, 2.05) is 37.3 Å². The fourth-order valence-corrected chi connectivity index (χ4v) is 4.96. The van der Waals surface area contributed by atoms with Crippen molar-refractivity contribution in [1.82, 2.24) is 10.2 Å². The van der Waals surface area contributed by atoms with Gasteiger partial charge in [-0.15, -0.1) is 0 Å². The third-order valence-corrected chi connectivity index (χ3v) is 6.96. The molecule has 1 saturated heterocycles. The Kier molecular flexibility index (Phi) is 6.71. The van der Waals surface area contributed by atoms with Crippen LogP contribution in [-0.4, -0.2) is 35.1 Å². The first kappa shape index (κ1) is 24.3. The number of nitrogens with one attached hydrogen (secondary N) is 1. The van der Waals surface area contributed by atoms with E-state index in [1.165, 1.54) is 23.1 Å². The Hall–Kier alpha value is -2.87. The van der Waals surface area contributed by atoms with Crippen molar-refractivity contribution in [3.05, 3.63) is 71.3 Å². The van der Waals surface area contributed by atoms with E-state index in [0.717, 1.165) is 24.5 Å². The van der Waals surface area contributed by atoms with Gasteiger partial charge in [-0.3, -0.25) is 14.5 Å². The minimum absolute atomic E-state index is 0.0539. The van der Waals surface area contributed by atoms with Gasteiger partial charge in [-0.2, -0.15) is 13.2 Å². The van der Waals surface area contributed by atoms with Gasteiger partial charge in [0.15, 0.2) is 0 Å². The number of hydrogen-bond donors (Lipinski definition) is 1. The Morgan fingerprint density at radius 3 is 2.32 bits per heavy atom. The van der Waals surface area contributed by atoms with E-state index in [2.05, 4.69) is 12.2 Å². The molecule has 4 rings (SSSR count). The molecule has 1 heterocycles. The third kappa shape index (κ3) is 4.69. The molecule has 2 aliphatic rings. The van der Waals surface area contributed by atoms with Gasteiger partial charge in [0, 0.05) is 0 Å². The van der Waals surface area contributed by atoms with Crippen molar-refractivity contribution < 1.29 is 27.5 Å². The number of amides is 2. The highest BCUT2D eigenvalue weighted by Gasteiger charge is 2.54. The molecule has 0 bridgehead atoms. The lowest BCUT2D eigenvalue weighted by molar-refractivity contribution is -0.138. The minimum Gasteiger partial charge on any atom is -0.353 e. The van der Waals surface area contributed by atoms with Gasteiger partial charge in [0.1, 0.15) is 11.8 Å². The fraction of sp³-hybridized carbons (Fsp3) is 0.462. The second kappa shape index (κ2) is 9.41. The van der Waals surface area contributed by atoms with E-state index in [0.29, 0.717) is 18.8 Å². The van der Waals surface area contributed by atoms with E-state index in [-0.39, 0.29) is 12.6 Å². The van der Waals surface area contributed by atoms with E-state index in [9.17, 15) is 22.8 Å². The van der Waals surface area contributed by atoms with E-state index >= 15 is 0 Å². The van der Waals surface area contributed by atoms with Crippen molar-refractivity contribution in [3.63, 3.8) is 0 Å². The summed E-state index contributed by atoms with van der Waals surface area (Å²) in [7, 11) is 0. The number of hydrogen-bond acceptors (Lipinski definition) is 3. The first-order valence-electron chi connectivity index (χ1n) is 11.6. The first-order valence-corrected chi connectivity index (χ1v) is 11.6. The van der Waals surface area contributed by atoms with Crippen molar-refractivity contribution in [2.75, 3.05) is 6.61 Å². The van der Waals surface area contributed by atoms with Gasteiger partial charge in [-0.1, -0.05) is 49.4 Å². The average Bonchev–Trinajstić information content (AvgIpc) is 3.19. The lowest BCUT2D eigenvalue weighted by Gasteiger charge is -2.43. The molecule has 182 valence electrons. The summed E-state index contributed by atoms with van der Waals surface area (Å²) in [5, 5.41) is 2.92. The molecule has 2 atom stereocenters. The molecule has 34 heavy (non-hydrogen) atoms. The maximum Gasteiger partial charge on any atom is 0.417 e. The highest BCUT2D eigenvalue weighted by molar-refractivity contribution is 5.99. The predicted octanol–water partition coefficient (Wildman–Crippen LogP) is 5.33. The zero-order valence-electron chi connectivity index (χ0n) is 19.3. The Balaban J connectivity index is 1.67. The van der Waals surface area contributed by atoms with Gasteiger partial charge in [-0.05, 0) is 56.2 Å². The normalized spacial score (nSPS) is 25.9. The smallest absolute Gasteiger partial charge is 0.353 e. The lowest BCUT2D eigenvalue weighted by Crippen LogP contribution is -2.57. The standard InChI is InChI=1S/C26H29F3N2O3/c1-17-12-14-25(15-13-17)31(24(33)20-10-6-7-11-21(20)26(27,28)29)22(16-34-25)23(32)30-18(2)19-8-4-3-5-9-19/h3-11,17-18,22H,12-16H2,1-2H3,(H,30,32)/t17?,18-,22+,25?/m1/s1. The van der Waals surface area contributed by atoms with Gasteiger partial charge >= 0.3 is 6.18 Å². The third-order valence-electron chi connectivity index (χ3n) is 6.96. The molecule has 2 amide bonds. The van der Waals surface area contributed by atoms with Crippen molar-refractivity contribution in [2.24, 2.45) is 5.92 Å². The lowest BCUT2D eigenvalue weighted by atomic mass is 9.83. The first-order chi connectivity index (χ1) is 16.1. The Bertz CT molecular complexity index is 1030. The highest BCUT2D eigenvalue weighted by Crippen LogP contribution is 2.44. The molecule has 1 aliphatic carbocycles. The van der Waals surface area contributed by atoms with Crippen LogP contribution in [0.4, 0.5) is 13.2 Å². The Labute approximate surface area is 197 Å². The highest BCUT2D eigenvalue weighted by atomic mass is 19.4. The van der Waals surface area contributed by atoms with Crippen molar-refractivity contribution in [2.45, 2.75) is 63.5 Å². The number of rotatable bonds is 4. The Morgan fingerprint density at radius 1 is 1.06 bits per heavy atom. The Morgan fingerprint density at radius 2 is 1.68 bits per heavy atom. The maximum atomic E-state index is 13.7. The molecule has 2 aromatic rings. The number of carbonyl (C=O) groups is 2. The summed E-state index contributed by atoms with van der Waals surface area (Å²) < 4.78 is 47.2. The zero-order valence-corrected chi connectivity index (χ0v) is 19.3. The number of nitrogens with zero attached hydrogens (tertiary/aromatic N) is 1. The summed E-state index contributed by atoms with van der Waals surface area (Å²) >= 11 is 0. The summed E-state index contributed by atoms with van der Waals surface area (Å²) in [6.07, 6.45) is -2.21. The fourth-order valence-electron chi connectivity index (χ4n) is 4.96. The molecule has 0 unspecified atom stereocenters. The minimum atomic E-state index is -4.69. The summed E-state index contributed by atoms with van der Waals surface area (Å²) in [5.41, 5.74) is -1.67. The van der Waals surface area contributed by atoms with Crippen molar-refractivity contribution in [1.29, 1.82) is 0 Å². The largest absolute Gasteiger partial charge is 0.417 e. The van der Waals surface area contributed by atoms with Crippen LogP contribution in [0.3, 0.4) is 0 Å². The number of carbonyl (C=O) groups excluding carboxylic acids is 2. The number of halogens is 3. The van der Waals surface area contributed by atoms with E-state index in [4.69, 9.17) is 4.74 Å². The van der Waals surface area contributed by atoms with Crippen LogP contribution < -0.4 is 5.32 Å². The average molecular weight is 475 g/mol. The van der Waals surface area contributed by atoms with Gasteiger partial charge in [-0.25, -0.2) is 0 Å². The number of alkyl halides is 3. The molecule has 1 spiro atoms. The molecule has 8 heteroatoms. The van der Waals surface area contributed by atoms with Crippen LogP contribution in [0.15, 0.2) is 54.6 Å². The molecule has 2 aromatic carbocycles. The van der Waals surface area contributed by atoms with Gasteiger partial charge in [0.2, 0.25) is 5.91 Å². The quantitative estimate of drug-likeness (QED) is 0.652. The van der Waals surface area contributed by atoms with Crippen LogP contribution >= 0.6 is 0 Å². The molecular weight excluding hydrogens is 445 g/mol. The van der Waals surface area contributed by atoms with Crippen molar-refractivity contribution in [3.8, 4) is 0 Å². The predicted molar refractivity (Wildman–Crippen MR) is 121 cm³/mol. The van der Waals surface area contributed by atoms with E-state index in [1.54, 1.807) is 0 Å². The topological polar surface area (TPSA) is 58.6 Å². The molecule has 0 aromatic heterocycles. The van der Waals surface area contributed by atoms with Gasteiger partial charge in [0.05, 0.1) is 23.8 Å².